The summed E-state index contributed by atoms with van der Waals surface area (Å²) in [5.74, 6) is 0.340. The zero-order valence-corrected chi connectivity index (χ0v) is 20.0. The van der Waals surface area contributed by atoms with E-state index in [9.17, 15) is 13.2 Å². The summed E-state index contributed by atoms with van der Waals surface area (Å²) in [5.41, 5.74) is 2.89. The van der Waals surface area contributed by atoms with E-state index in [0.29, 0.717) is 16.9 Å². The second-order valence-corrected chi connectivity index (χ2v) is 10.5. The molecule has 0 saturated carbocycles. The van der Waals surface area contributed by atoms with Gasteiger partial charge in [0.15, 0.2) is 0 Å². The number of rotatable bonds is 7. The van der Waals surface area contributed by atoms with Gasteiger partial charge in [0.25, 0.3) is 0 Å². The lowest BCUT2D eigenvalue weighted by Crippen LogP contribution is -2.32. The van der Waals surface area contributed by atoms with Gasteiger partial charge in [0.1, 0.15) is 6.04 Å². The highest BCUT2D eigenvalue weighted by Crippen LogP contribution is 2.27. The Morgan fingerprint density at radius 3 is 2.39 bits per heavy atom. The lowest BCUT2D eigenvalue weighted by molar-refractivity contribution is 0.311. The molecule has 174 valence electrons. The summed E-state index contributed by atoms with van der Waals surface area (Å²) >= 11 is 0. The molecule has 9 nitrogen and oxygen atoms in total. The fourth-order valence-corrected chi connectivity index (χ4v) is 5.02. The average Bonchev–Trinajstić information content (AvgIpc) is 3.35. The Balaban J connectivity index is 1.65. The van der Waals surface area contributed by atoms with E-state index in [2.05, 4.69) is 19.8 Å². The van der Waals surface area contributed by atoms with E-state index >= 15 is 0 Å². The van der Waals surface area contributed by atoms with Crippen LogP contribution in [0.5, 0.6) is 0 Å². The molecule has 0 spiro atoms. The molecule has 2 N–H and O–H groups in total. The Kier molecular flexibility index (Phi) is 5.98. The van der Waals surface area contributed by atoms with E-state index in [4.69, 9.17) is 4.52 Å². The lowest BCUT2D eigenvalue weighted by atomic mass is 10.1. The molecule has 0 bridgehead atoms. The van der Waals surface area contributed by atoms with Gasteiger partial charge in [-0.05, 0) is 57.0 Å². The van der Waals surface area contributed by atoms with E-state index in [1.54, 1.807) is 34.9 Å². The maximum atomic E-state index is 12.9. The number of fused-ring (bicyclic) bond motifs is 1. The summed E-state index contributed by atoms with van der Waals surface area (Å²) in [6.45, 7) is 9.52. The molecule has 0 fully saturated rings. The van der Waals surface area contributed by atoms with E-state index < -0.39 is 16.1 Å². The minimum Gasteiger partial charge on any atom is -0.337 e. The van der Waals surface area contributed by atoms with E-state index in [0.717, 1.165) is 11.1 Å². The van der Waals surface area contributed by atoms with Gasteiger partial charge < -0.3 is 9.51 Å². The molecule has 10 heteroatoms. The SMILES string of the molecule is Cc1ccc(S(=O)(=O)N[C@@H](c2nc(-c3ccc4c(c3)[nH]c(=O)n4C(C)C)no2)C(C)C)cc1. The third-order valence-electron chi connectivity index (χ3n) is 5.48. The summed E-state index contributed by atoms with van der Waals surface area (Å²) in [7, 11) is -3.78. The fraction of sp³-hybridized carbons (Fsp3) is 0.348. The van der Waals surface area contributed by atoms with Crippen LogP contribution in [0.15, 0.2) is 56.7 Å². The summed E-state index contributed by atoms with van der Waals surface area (Å²) < 4.78 is 35.6. The molecule has 4 rings (SSSR count). The Hall–Kier alpha value is -3.24. The largest absolute Gasteiger partial charge is 0.337 e. The molecule has 0 aliphatic rings. The van der Waals surface area contributed by atoms with Gasteiger partial charge in [0.05, 0.1) is 15.9 Å². The maximum Gasteiger partial charge on any atom is 0.326 e. The number of nitrogens with zero attached hydrogens (tertiary/aromatic N) is 3. The van der Waals surface area contributed by atoms with Gasteiger partial charge in [-0.3, -0.25) is 4.57 Å². The highest BCUT2D eigenvalue weighted by atomic mass is 32.2. The molecule has 2 aromatic heterocycles. The van der Waals surface area contributed by atoms with Gasteiger partial charge >= 0.3 is 5.69 Å². The van der Waals surface area contributed by atoms with Crippen LogP contribution in [0.2, 0.25) is 0 Å². The Morgan fingerprint density at radius 1 is 1.06 bits per heavy atom. The van der Waals surface area contributed by atoms with Crippen LogP contribution in [-0.2, 0) is 10.0 Å². The number of aryl methyl sites for hydroxylation is 1. The quantitative estimate of drug-likeness (QED) is 0.423. The predicted molar refractivity (Wildman–Crippen MR) is 125 cm³/mol. The standard InChI is InChI=1S/C23H27N5O4S/c1-13(2)20(27-33(30,31)17-9-6-15(5)7-10-17)22-25-21(26-32-22)16-8-11-19-18(12-16)24-23(29)28(19)14(3)4/h6-14,20,27H,1-5H3,(H,24,29)/t20-/m1/s1. The first-order valence-electron chi connectivity index (χ1n) is 10.7. The van der Waals surface area contributed by atoms with Gasteiger partial charge in [-0.1, -0.05) is 36.7 Å². The second-order valence-electron chi connectivity index (χ2n) is 8.74. The zero-order valence-electron chi connectivity index (χ0n) is 19.2. The van der Waals surface area contributed by atoms with Crippen LogP contribution in [-0.4, -0.2) is 28.1 Å². The highest BCUT2D eigenvalue weighted by molar-refractivity contribution is 7.89. The number of hydrogen-bond donors (Lipinski definition) is 2. The summed E-state index contributed by atoms with van der Waals surface area (Å²) in [4.78, 5) is 19.7. The van der Waals surface area contributed by atoms with Crippen molar-refractivity contribution in [2.45, 2.75) is 51.6 Å². The van der Waals surface area contributed by atoms with Gasteiger partial charge in [-0.15, -0.1) is 0 Å². The third kappa shape index (κ3) is 4.49. The van der Waals surface area contributed by atoms with Crippen molar-refractivity contribution in [1.29, 1.82) is 0 Å². The van der Waals surface area contributed by atoms with Crippen LogP contribution < -0.4 is 10.4 Å². The number of benzene rings is 2. The molecule has 1 atom stereocenters. The lowest BCUT2D eigenvalue weighted by Gasteiger charge is -2.18. The molecule has 33 heavy (non-hydrogen) atoms. The van der Waals surface area contributed by atoms with Gasteiger partial charge in [-0.2, -0.15) is 9.71 Å². The van der Waals surface area contributed by atoms with E-state index in [1.807, 2.05) is 46.8 Å². The van der Waals surface area contributed by atoms with E-state index in [-0.39, 0.29) is 28.4 Å². The number of H-pyrrole nitrogens is 1. The Bertz CT molecular complexity index is 1450. The number of imidazole rings is 1. The third-order valence-corrected chi connectivity index (χ3v) is 6.94. The van der Waals surface area contributed by atoms with Crippen molar-refractivity contribution >= 4 is 21.1 Å². The molecular formula is C23H27N5O4S. The van der Waals surface area contributed by atoms with Crippen LogP contribution in [0.3, 0.4) is 0 Å². The molecular weight excluding hydrogens is 442 g/mol. The minimum absolute atomic E-state index is 0.0160. The molecule has 0 radical (unpaired) electrons. The van der Waals surface area contributed by atoms with Crippen molar-refractivity contribution < 1.29 is 12.9 Å². The van der Waals surface area contributed by atoms with Crippen LogP contribution in [0, 0.1) is 12.8 Å². The number of aromatic nitrogens is 4. The zero-order chi connectivity index (χ0) is 23.9. The number of aromatic amines is 1. The molecule has 0 aliphatic carbocycles. The monoisotopic (exact) mass is 469 g/mol. The van der Waals surface area contributed by atoms with Crippen molar-refractivity contribution in [2.24, 2.45) is 5.92 Å². The van der Waals surface area contributed by atoms with Crippen LogP contribution >= 0.6 is 0 Å². The highest BCUT2D eigenvalue weighted by Gasteiger charge is 2.29. The molecule has 2 heterocycles. The second kappa shape index (κ2) is 8.60. The van der Waals surface area contributed by atoms with Crippen LogP contribution in [0.4, 0.5) is 0 Å². The maximum absolute atomic E-state index is 12.9. The average molecular weight is 470 g/mol. The van der Waals surface area contributed by atoms with Gasteiger partial charge in [-0.25, -0.2) is 13.2 Å². The van der Waals surface area contributed by atoms with Crippen molar-refractivity contribution in [2.75, 3.05) is 0 Å². The summed E-state index contributed by atoms with van der Waals surface area (Å²) in [6.07, 6.45) is 0. The summed E-state index contributed by atoms with van der Waals surface area (Å²) in [6, 6.07) is 11.4. The van der Waals surface area contributed by atoms with Crippen molar-refractivity contribution in [3.8, 4) is 11.4 Å². The van der Waals surface area contributed by atoms with Gasteiger partial charge in [0, 0.05) is 11.6 Å². The first-order chi connectivity index (χ1) is 15.6. The minimum atomic E-state index is -3.78. The fourth-order valence-electron chi connectivity index (χ4n) is 3.69. The Labute approximate surface area is 191 Å². The number of nitrogens with one attached hydrogen (secondary N) is 2. The van der Waals surface area contributed by atoms with Crippen molar-refractivity contribution in [3.05, 3.63) is 64.4 Å². The molecule has 0 unspecified atom stereocenters. The molecule has 0 amide bonds. The topological polar surface area (TPSA) is 123 Å². The van der Waals surface area contributed by atoms with Crippen molar-refractivity contribution in [1.82, 2.24) is 24.4 Å². The molecule has 0 aliphatic heterocycles. The first-order valence-corrected chi connectivity index (χ1v) is 12.2. The van der Waals surface area contributed by atoms with Gasteiger partial charge in [0.2, 0.25) is 21.7 Å². The predicted octanol–water partition coefficient (Wildman–Crippen LogP) is 3.94. The number of hydrogen-bond acceptors (Lipinski definition) is 6. The molecule has 4 aromatic rings. The van der Waals surface area contributed by atoms with Crippen LogP contribution in [0.1, 0.15) is 51.2 Å². The summed E-state index contributed by atoms with van der Waals surface area (Å²) in [5, 5.41) is 4.06. The van der Waals surface area contributed by atoms with Crippen LogP contribution in [0.25, 0.3) is 22.4 Å². The first kappa shape index (κ1) is 22.9. The molecule has 2 aromatic carbocycles. The molecule has 0 saturated heterocycles. The normalized spacial score (nSPS) is 13.3. The van der Waals surface area contributed by atoms with E-state index in [1.165, 1.54) is 0 Å². The smallest absolute Gasteiger partial charge is 0.326 e. The number of sulfonamides is 1. The van der Waals surface area contributed by atoms with Crippen molar-refractivity contribution in [3.63, 3.8) is 0 Å². The Morgan fingerprint density at radius 2 is 1.76 bits per heavy atom.